The summed E-state index contributed by atoms with van der Waals surface area (Å²) >= 11 is 0. The van der Waals surface area contributed by atoms with Gasteiger partial charge in [-0.05, 0) is 46.7 Å². The fourth-order valence-corrected chi connectivity index (χ4v) is 3.84. The quantitative estimate of drug-likeness (QED) is 0.700. The van der Waals surface area contributed by atoms with Crippen LogP contribution in [-0.2, 0) is 6.54 Å². The second-order valence-corrected chi connectivity index (χ2v) is 7.35. The van der Waals surface area contributed by atoms with Crippen molar-refractivity contribution >= 4 is 22.5 Å². The van der Waals surface area contributed by atoms with Gasteiger partial charge in [0, 0.05) is 32.7 Å². The number of benzene rings is 3. The minimum absolute atomic E-state index is 0.0236. The van der Waals surface area contributed by atoms with Gasteiger partial charge in [-0.15, -0.1) is 0 Å². The molecule has 6 heteroatoms. The van der Waals surface area contributed by atoms with Crippen LogP contribution >= 0.6 is 0 Å². The molecular formula is C24H27N3O3. The number of carbonyl (C=O) groups is 1. The van der Waals surface area contributed by atoms with Gasteiger partial charge in [-0.25, -0.2) is 4.79 Å². The van der Waals surface area contributed by atoms with E-state index in [-0.39, 0.29) is 6.03 Å². The van der Waals surface area contributed by atoms with Crippen LogP contribution in [0.25, 0.3) is 10.8 Å². The predicted octanol–water partition coefficient (Wildman–Crippen LogP) is 3.89. The van der Waals surface area contributed by atoms with E-state index in [4.69, 9.17) is 9.47 Å². The molecule has 1 aliphatic rings. The molecule has 3 aromatic rings. The molecule has 1 saturated heterocycles. The molecule has 0 aliphatic carbocycles. The summed E-state index contributed by atoms with van der Waals surface area (Å²) in [5.74, 6) is 1.71. The smallest absolute Gasteiger partial charge is 0.317 e. The van der Waals surface area contributed by atoms with Crippen LogP contribution in [0, 0.1) is 0 Å². The van der Waals surface area contributed by atoms with Crippen LogP contribution in [0.3, 0.4) is 0 Å². The van der Waals surface area contributed by atoms with Crippen LogP contribution < -0.4 is 19.7 Å². The molecule has 4 rings (SSSR count). The summed E-state index contributed by atoms with van der Waals surface area (Å²) in [5.41, 5.74) is 2.15. The largest absolute Gasteiger partial charge is 0.497 e. The highest BCUT2D eigenvalue weighted by Gasteiger charge is 2.22. The van der Waals surface area contributed by atoms with Crippen molar-refractivity contribution < 1.29 is 14.3 Å². The van der Waals surface area contributed by atoms with Crippen molar-refractivity contribution in [3.05, 3.63) is 66.2 Å². The van der Waals surface area contributed by atoms with Crippen molar-refractivity contribution in [2.45, 2.75) is 6.54 Å². The monoisotopic (exact) mass is 405 g/mol. The Labute approximate surface area is 177 Å². The SMILES string of the molecule is COc1ccc2cc(CNC(=O)N3CCN(c4ccccc4OC)CC3)ccc2c1. The van der Waals surface area contributed by atoms with E-state index < -0.39 is 0 Å². The summed E-state index contributed by atoms with van der Waals surface area (Å²) in [6, 6.07) is 20.2. The predicted molar refractivity (Wildman–Crippen MR) is 120 cm³/mol. The van der Waals surface area contributed by atoms with Crippen molar-refractivity contribution in [2.75, 3.05) is 45.3 Å². The van der Waals surface area contributed by atoms with Crippen LogP contribution in [-0.4, -0.2) is 51.3 Å². The van der Waals surface area contributed by atoms with Gasteiger partial charge in [-0.2, -0.15) is 0 Å². The molecule has 2 amide bonds. The van der Waals surface area contributed by atoms with Crippen LogP contribution in [0.1, 0.15) is 5.56 Å². The molecule has 0 bridgehead atoms. The molecule has 1 heterocycles. The number of piperazine rings is 1. The average Bonchev–Trinajstić information content (AvgIpc) is 2.82. The number of amides is 2. The lowest BCUT2D eigenvalue weighted by Crippen LogP contribution is -2.51. The first-order valence-electron chi connectivity index (χ1n) is 10.2. The van der Waals surface area contributed by atoms with Crippen LogP contribution in [0.15, 0.2) is 60.7 Å². The lowest BCUT2D eigenvalue weighted by atomic mass is 10.1. The lowest BCUT2D eigenvalue weighted by molar-refractivity contribution is 0.194. The molecule has 1 aliphatic heterocycles. The molecule has 0 radical (unpaired) electrons. The van der Waals surface area contributed by atoms with Crippen molar-refractivity contribution in [1.82, 2.24) is 10.2 Å². The van der Waals surface area contributed by atoms with E-state index in [9.17, 15) is 4.79 Å². The second kappa shape index (κ2) is 8.95. The van der Waals surface area contributed by atoms with E-state index in [1.807, 2.05) is 47.4 Å². The third-order valence-corrected chi connectivity index (χ3v) is 5.55. The molecule has 0 spiro atoms. The minimum atomic E-state index is -0.0236. The van der Waals surface area contributed by atoms with E-state index >= 15 is 0 Å². The maximum absolute atomic E-state index is 12.6. The summed E-state index contributed by atoms with van der Waals surface area (Å²) < 4.78 is 10.7. The maximum Gasteiger partial charge on any atom is 0.317 e. The number of fused-ring (bicyclic) bond motifs is 1. The van der Waals surface area contributed by atoms with Crippen molar-refractivity contribution in [3.8, 4) is 11.5 Å². The number of ether oxygens (including phenoxy) is 2. The summed E-state index contributed by atoms with van der Waals surface area (Å²) in [4.78, 5) is 16.8. The molecular weight excluding hydrogens is 378 g/mol. The summed E-state index contributed by atoms with van der Waals surface area (Å²) in [7, 11) is 3.35. The topological polar surface area (TPSA) is 54.0 Å². The van der Waals surface area contributed by atoms with Crippen LogP contribution in [0.2, 0.25) is 0 Å². The number of rotatable bonds is 5. The van der Waals surface area contributed by atoms with Gasteiger partial charge in [0.1, 0.15) is 11.5 Å². The number of methoxy groups -OCH3 is 2. The number of carbonyl (C=O) groups excluding carboxylic acids is 1. The number of hydrogen-bond donors (Lipinski definition) is 1. The Bertz CT molecular complexity index is 1030. The number of anilines is 1. The van der Waals surface area contributed by atoms with E-state index in [1.165, 1.54) is 0 Å². The third-order valence-electron chi connectivity index (χ3n) is 5.55. The number of hydrogen-bond acceptors (Lipinski definition) is 4. The van der Waals surface area contributed by atoms with Gasteiger partial charge in [0.05, 0.1) is 19.9 Å². The molecule has 3 aromatic carbocycles. The Balaban J connectivity index is 1.32. The number of nitrogens with zero attached hydrogens (tertiary/aromatic N) is 2. The summed E-state index contributed by atoms with van der Waals surface area (Å²) in [5, 5.41) is 5.31. The summed E-state index contributed by atoms with van der Waals surface area (Å²) in [6.07, 6.45) is 0. The molecule has 30 heavy (non-hydrogen) atoms. The molecule has 1 fully saturated rings. The Morgan fingerprint density at radius 1 is 0.900 bits per heavy atom. The Morgan fingerprint density at radius 2 is 1.63 bits per heavy atom. The van der Waals surface area contributed by atoms with Crippen LogP contribution in [0.5, 0.6) is 11.5 Å². The zero-order valence-electron chi connectivity index (χ0n) is 17.4. The lowest BCUT2D eigenvalue weighted by Gasteiger charge is -2.36. The first-order chi connectivity index (χ1) is 14.7. The van der Waals surface area contributed by atoms with E-state index in [0.29, 0.717) is 19.6 Å². The Kier molecular flexibility index (Phi) is 5.93. The molecule has 0 atom stereocenters. The van der Waals surface area contributed by atoms with Gasteiger partial charge in [0.2, 0.25) is 0 Å². The van der Waals surface area contributed by atoms with Gasteiger partial charge in [-0.1, -0.05) is 30.3 Å². The fourth-order valence-electron chi connectivity index (χ4n) is 3.84. The van der Waals surface area contributed by atoms with Crippen LogP contribution in [0.4, 0.5) is 10.5 Å². The van der Waals surface area contributed by atoms with Gasteiger partial charge in [0.15, 0.2) is 0 Å². The highest BCUT2D eigenvalue weighted by Crippen LogP contribution is 2.28. The summed E-state index contributed by atoms with van der Waals surface area (Å²) in [6.45, 7) is 3.44. The number of nitrogens with one attached hydrogen (secondary N) is 1. The van der Waals surface area contributed by atoms with Gasteiger partial charge < -0.3 is 24.6 Å². The van der Waals surface area contributed by atoms with E-state index in [0.717, 1.165) is 46.6 Å². The average molecular weight is 405 g/mol. The first-order valence-corrected chi connectivity index (χ1v) is 10.2. The fraction of sp³-hybridized carbons (Fsp3) is 0.292. The maximum atomic E-state index is 12.6. The zero-order valence-corrected chi connectivity index (χ0v) is 17.4. The Hall–Kier alpha value is -3.41. The van der Waals surface area contributed by atoms with Gasteiger partial charge in [0.25, 0.3) is 0 Å². The van der Waals surface area contributed by atoms with Gasteiger partial charge >= 0.3 is 6.03 Å². The molecule has 0 aromatic heterocycles. The number of urea groups is 1. The normalized spacial score (nSPS) is 13.9. The third kappa shape index (κ3) is 4.27. The van der Waals surface area contributed by atoms with Crippen molar-refractivity contribution in [2.24, 2.45) is 0 Å². The van der Waals surface area contributed by atoms with E-state index in [1.54, 1.807) is 14.2 Å². The molecule has 0 unspecified atom stereocenters. The first kappa shape index (κ1) is 19.9. The Morgan fingerprint density at radius 3 is 2.40 bits per heavy atom. The zero-order chi connectivity index (χ0) is 20.9. The van der Waals surface area contributed by atoms with E-state index in [2.05, 4.69) is 28.4 Å². The van der Waals surface area contributed by atoms with Crippen molar-refractivity contribution in [1.29, 1.82) is 0 Å². The second-order valence-electron chi connectivity index (χ2n) is 7.35. The molecule has 0 saturated carbocycles. The molecule has 1 N–H and O–H groups in total. The molecule has 6 nitrogen and oxygen atoms in total. The number of para-hydroxylation sites is 2. The van der Waals surface area contributed by atoms with Gasteiger partial charge in [-0.3, -0.25) is 0 Å². The standard InChI is InChI=1S/C24H27N3O3/c1-29-21-10-9-19-15-18(7-8-20(19)16-21)17-25-24(28)27-13-11-26(12-14-27)22-5-3-4-6-23(22)30-2/h3-10,15-16H,11-14,17H2,1-2H3,(H,25,28). The van der Waals surface area contributed by atoms with Crippen molar-refractivity contribution in [3.63, 3.8) is 0 Å². The highest BCUT2D eigenvalue weighted by atomic mass is 16.5. The molecule has 156 valence electrons. The minimum Gasteiger partial charge on any atom is -0.497 e. The highest BCUT2D eigenvalue weighted by molar-refractivity contribution is 5.84.